The number of rotatable bonds is 0. The van der Waals surface area contributed by atoms with Crippen LogP contribution in [0.15, 0.2) is 8.96 Å². The summed E-state index contributed by atoms with van der Waals surface area (Å²) in [5.74, 6) is -0.793. The van der Waals surface area contributed by atoms with Crippen LogP contribution in [0.1, 0.15) is 0 Å². The largest absolute Gasteiger partial charge is 0.287 e. The summed E-state index contributed by atoms with van der Waals surface area (Å²) in [5, 5.41) is 2.07. The van der Waals surface area contributed by atoms with Crippen molar-refractivity contribution in [2.24, 2.45) is 0 Å². The summed E-state index contributed by atoms with van der Waals surface area (Å²) in [5.41, 5.74) is 12.2. The zero-order valence-electron chi connectivity index (χ0n) is 5.47. The minimum absolute atomic E-state index is 0.257. The number of carbonyl (C=O) groups is 2. The molecule has 1 aliphatic heterocycles. The van der Waals surface area contributed by atoms with Crippen LogP contribution in [0.25, 0.3) is 10.4 Å². The maximum atomic E-state index is 10.5. The molecule has 0 atom stereocenters. The van der Waals surface area contributed by atoms with Crippen LogP contribution in [0.5, 0.6) is 0 Å². The molecule has 0 aromatic rings. The Morgan fingerprint density at radius 2 is 1.50 bits per heavy atom. The summed E-state index contributed by atoms with van der Waals surface area (Å²) in [7, 11) is 0. The summed E-state index contributed by atoms with van der Waals surface area (Å²) in [6, 6.07) is 0. The molecule has 8 heteroatoms. The van der Waals surface area contributed by atoms with Gasteiger partial charge in [0.05, 0.1) is 0 Å². The van der Waals surface area contributed by atoms with E-state index in [4.69, 9.17) is 11.1 Å². The van der Waals surface area contributed by atoms with Crippen molar-refractivity contribution in [1.82, 2.24) is 5.32 Å². The average molecular weight is 298 g/mol. The van der Waals surface area contributed by atoms with Gasteiger partial charge in [-0.05, 0) is 42.3 Å². The smallest absolute Gasteiger partial charge is 0.266 e. The van der Waals surface area contributed by atoms with Crippen molar-refractivity contribution >= 4 is 43.7 Å². The predicted octanol–water partition coefficient (Wildman–Crippen LogP) is 1.52. The number of hydrogen-bond donors (Lipinski definition) is 2. The molecule has 2 N–H and O–H groups in total. The van der Waals surface area contributed by atoms with Gasteiger partial charge in [0.25, 0.3) is 11.8 Å². The second-order valence-corrected chi connectivity index (χ2v) is 3.10. The van der Waals surface area contributed by atoms with E-state index in [0.29, 0.717) is 0 Å². The molecular formula is C4H2Br2N4O2. The minimum Gasteiger partial charge on any atom is -0.287 e. The second-order valence-electron chi connectivity index (χ2n) is 1.51. The van der Waals surface area contributed by atoms with Gasteiger partial charge in [0, 0.05) is 0 Å². The summed E-state index contributed by atoms with van der Waals surface area (Å²) < 4.78 is 0.514. The topological polar surface area (TPSA) is 106 Å². The molecule has 0 saturated carbocycles. The Balaban J connectivity index is 0.000000354. The SMILES string of the molecule is O=C1NC(=O)C(Br)=C1Br.[N-]=[N+]=N. The highest BCUT2D eigenvalue weighted by atomic mass is 79.9. The van der Waals surface area contributed by atoms with Gasteiger partial charge in [0.1, 0.15) is 8.96 Å². The standard InChI is InChI=1S/C4HBr2NO2.HN3/c5-1-2(6)4(9)7-3(1)8;1-3-2/h(H,7,8,9);1H. The van der Waals surface area contributed by atoms with Gasteiger partial charge in [0.15, 0.2) is 0 Å². The van der Waals surface area contributed by atoms with Crippen LogP contribution < -0.4 is 5.32 Å². The van der Waals surface area contributed by atoms with Crippen LogP contribution in [0.3, 0.4) is 0 Å². The molecule has 0 aromatic heterocycles. The summed E-state index contributed by atoms with van der Waals surface area (Å²) in [4.78, 5) is 22.8. The molecule has 0 saturated heterocycles. The first-order chi connectivity index (χ1) is 5.54. The van der Waals surface area contributed by atoms with E-state index in [0.717, 1.165) is 0 Å². The first-order valence-electron chi connectivity index (χ1n) is 2.46. The molecule has 12 heavy (non-hydrogen) atoms. The third kappa shape index (κ3) is 2.65. The van der Waals surface area contributed by atoms with Gasteiger partial charge in [-0.3, -0.25) is 14.9 Å². The van der Waals surface area contributed by atoms with Gasteiger partial charge in [0.2, 0.25) is 0 Å². The van der Waals surface area contributed by atoms with Crippen LogP contribution in [-0.4, -0.2) is 11.8 Å². The quantitative estimate of drug-likeness (QED) is 0.306. The van der Waals surface area contributed by atoms with Crippen LogP contribution >= 0.6 is 31.9 Å². The number of halogens is 2. The molecule has 1 rings (SSSR count). The molecule has 0 aromatic carbocycles. The molecule has 64 valence electrons. The lowest BCUT2D eigenvalue weighted by Gasteiger charge is -1.83. The number of nitrogens with one attached hydrogen (secondary N) is 2. The van der Waals surface area contributed by atoms with Crippen LogP contribution in [0.4, 0.5) is 0 Å². The van der Waals surface area contributed by atoms with Gasteiger partial charge >= 0.3 is 0 Å². The van der Waals surface area contributed by atoms with Crippen LogP contribution in [0, 0.1) is 5.53 Å². The van der Waals surface area contributed by atoms with Crippen molar-refractivity contribution in [2.45, 2.75) is 0 Å². The molecule has 6 nitrogen and oxygen atoms in total. The molecule has 0 bridgehead atoms. The third-order valence-electron chi connectivity index (χ3n) is 0.818. The highest BCUT2D eigenvalue weighted by molar-refractivity contribution is 9.14. The molecule has 0 spiro atoms. The van der Waals surface area contributed by atoms with Crippen LogP contribution in [0.2, 0.25) is 0 Å². The van der Waals surface area contributed by atoms with Crippen molar-refractivity contribution in [2.75, 3.05) is 0 Å². The lowest BCUT2D eigenvalue weighted by molar-refractivity contribution is -0.123. The van der Waals surface area contributed by atoms with Gasteiger partial charge in [-0.2, -0.15) is 0 Å². The fourth-order valence-corrected chi connectivity index (χ4v) is 0.971. The molecular weight excluding hydrogens is 296 g/mol. The monoisotopic (exact) mass is 296 g/mol. The molecule has 2 amide bonds. The maximum absolute atomic E-state index is 10.5. The van der Waals surface area contributed by atoms with E-state index in [1.165, 1.54) is 0 Å². The van der Waals surface area contributed by atoms with Crippen LogP contribution in [-0.2, 0) is 9.59 Å². The van der Waals surface area contributed by atoms with E-state index >= 15 is 0 Å². The molecule has 0 fully saturated rings. The fourth-order valence-electron chi connectivity index (χ4n) is 0.412. The Morgan fingerprint density at radius 3 is 1.58 bits per heavy atom. The fraction of sp³-hybridized carbons (Fsp3) is 0. The molecule has 1 heterocycles. The van der Waals surface area contributed by atoms with E-state index in [-0.39, 0.29) is 8.96 Å². The van der Waals surface area contributed by atoms with E-state index in [2.05, 4.69) is 37.2 Å². The maximum Gasteiger partial charge on any atom is 0.266 e. The van der Waals surface area contributed by atoms with E-state index in [9.17, 15) is 9.59 Å². The summed E-state index contributed by atoms with van der Waals surface area (Å²) >= 11 is 5.82. The molecule has 1 aliphatic rings. The second kappa shape index (κ2) is 4.91. The van der Waals surface area contributed by atoms with Gasteiger partial charge in [-0.1, -0.05) is 0 Å². The minimum atomic E-state index is -0.396. The van der Waals surface area contributed by atoms with Crippen molar-refractivity contribution in [1.29, 1.82) is 5.53 Å². The van der Waals surface area contributed by atoms with Crippen molar-refractivity contribution < 1.29 is 9.59 Å². The van der Waals surface area contributed by atoms with Crippen molar-refractivity contribution in [3.05, 3.63) is 19.4 Å². The molecule has 0 aliphatic carbocycles. The predicted molar refractivity (Wildman–Crippen MR) is 47.5 cm³/mol. The Labute approximate surface area is 83.7 Å². The summed E-state index contributed by atoms with van der Waals surface area (Å²) in [6.45, 7) is 0. The van der Waals surface area contributed by atoms with E-state index in [1.807, 2.05) is 0 Å². The number of imide groups is 1. The lowest BCUT2D eigenvalue weighted by atomic mass is 10.6. The number of nitrogens with zero attached hydrogens (tertiary/aromatic N) is 2. The van der Waals surface area contributed by atoms with Gasteiger partial charge < -0.3 is 0 Å². The first kappa shape index (κ1) is 11.2. The average Bonchev–Trinajstić information content (AvgIpc) is 2.20. The Morgan fingerprint density at radius 1 is 1.25 bits per heavy atom. The Hall–Kier alpha value is -0.850. The zero-order valence-corrected chi connectivity index (χ0v) is 8.64. The molecule has 0 unspecified atom stereocenters. The summed E-state index contributed by atoms with van der Waals surface area (Å²) in [6.07, 6.45) is 0. The first-order valence-corrected chi connectivity index (χ1v) is 4.05. The zero-order chi connectivity index (χ0) is 9.72. The Bertz CT molecular complexity index is 269. The van der Waals surface area contributed by atoms with Gasteiger partial charge in [-0.25, -0.2) is 0 Å². The third-order valence-corrected chi connectivity index (χ3v) is 2.86. The number of hydrogen-bond acceptors (Lipinski definition) is 3. The van der Waals surface area contributed by atoms with E-state index < -0.39 is 11.8 Å². The van der Waals surface area contributed by atoms with E-state index in [1.54, 1.807) is 4.91 Å². The Kier molecular flexibility index (Phi) is 4.57. The lowest BCUT2D eigenvalue weighted by Crippen LogP contribution is -2.21. The normalized spacial score (nSPS) is 14.8. The highest BCUT2D eigenvalue weighted by Gasteiger charge is 2.25. The highest BCUT2D eigenvalue weighted by Crippen LogP contribution is 2.22. The van der Waals surface area contributed by atoms with Crippen molar-refractivity contribution in [3.63, 3.8) is 0 Å². The van der Waals surface area contributed by atoms with Crippen molar-refractivity contribution in [3.8, 4) is 0 Å². The number of carbonyl (C=O) groups excluding carboxylic acids is 2. The molecule has 0 radical (unpaired) electrons. The van der Waals surface area contributed by atoms with Gasteiger partial charge in [-0.15, -0.1) is 5.53 Å². The number of amides is 2.